The zero-order valence-corrected chi connectivity index (χ0v) is 16.3. The first-order valence-electron chi connectivity index (χ1n) is 9.27. The van der Waals surface area contributed by atoms with Crippen LogP contribution < -0.4 is 5.32 Å². The molecule has 1 aliphatic rings. The lowest BCUT2D eigenvalue weighted by Crippen LogP contribution is -2.35. The number of aliphatic hydroxyl groups excluding tert-OH is 1. The topological polar surface area (TPSA) is 65.5 Å². The maximum atomic E-state index is 12.5. The molecule has 2 N–H and O–H groups in total. The average Bonchev–Trinajstić information content (AvgIpc) is 3.06. The molecule has 5 nitrogen and oxygen atoms in total. The highest BCUT2D eigenvalue weighted by atomic mass is 32.1. The van der Waals surface area contributed by atoms with Gasteiger partial charge in [0.05, 0.1) is 11.3 Å². The predicted molar refractivity (Wildman–Crippen MR) is 104 cm³/mol. The average molecular weight is 374 g/mol. The van der Waals surface area contributed by atoms with Crippen molar-refractivity contribution in [2.75, 3.05) is 13.2 Å². The number of amides is 1. The summed E-state index contributed by atoms with van der Waals surface area (Å²) in [4.78, 5) is 20.7. The van der Waals surface area contributed by atoms with Crippen molar-refractivity contribution in [1.29, 1.82) is 0 Å². The number of aryl methyl sites for hydroxylation is 1. The molecule has 0 fully saturated rings. The van der Waals surface area contributed by atoms with Crippen molar-refractivity contribution in [3.05, 3.63) is 51.0 Å². The second kappa shape index (κ2) is 8.75. The molecule has 0 aromatic carbocycles. The molecule has 26 heavy (non-hydrogen) atoms. The SMILES string of the molecule is CCc1ccc(CN2CCc3c(C(=O)NC(C)CCO)csc3C2)nc1. The summed E-state index contributed by atoms with van der Waals surface area (Å²) in [6, 6.07) is 4.25. The number of aromatic nitrogens is 1. The van der Waals surface area contributed by atoms with Gasteiger partial charge in [0.25, 0.3) is 5.91 Å². The van der Waals surface area contributed by atoms with Crippen LogP contribution in [0.25, 0.3) is 0 Å². The molecule has 2 aromatic heterocycles. The number of nitrogens with zero attached hydrogens (tertiary/aromatic N) is 2. The third kappa shape index (κ3) is 4.50. The summed E-state index contributed by atoms with van der Waals surface area (Å²) < 4.78 is 0. The van der Waals surface area contributed by atoms with Gasteiger partial charge in [-0.3, -0.25) is 14.7 Å². The molecule has 140 valence electrons. The van der Waals surface area contributed by atoms with Crippen LogP contribution >= 0.6 is 11.3 Å². The number of carbonyl (C=O) groups is 1. The first kappa shape index (κ1) is 19.0. The van der Waals surface area contributed by atoms with Crippen LogP contribution in [-0.4, -0.2) is 40.1 Å². The van der Waals surface area contributed by atoms with Crippen molar-refractivity contribution in [1.82, 2.24) is 15.2 Å². The van der Waals surface area contributed by atoms with E-state index >= 15 is 0 Å². The van der Waals surface area contributed by atoms with Crippen LogP contribution in [0.15, 0.2) is 23.7 Å². The highest BCUT2D eigenvalue weighted by Gasteiger charge is 2.24. The molecule has 0 bridgehead atoms. The largest absolute Gasteiger partial charge is 0.396 e. The van der Waals surface area contributed by atoms with Gasteiger partial charge >= 0.3 is 0 Å². The Morgan fingerprint density at radius 2 is 2.31 bits per heavy atom. The summed E-state index contributed by atoms with van der Waals surface area (Å²) in [6.07, 6.45) is 4.45. The molecule has 0 saturated carbocycles. The Hall–Kier alpha value is -1.76. The maximum absolute atomic E-state index is 12.5. The van der Waals surface area contributed by atoms with E-state index in [1.165, 1.54) is 16.0 Å². The Balaban J connectivity index is 1.62. The summed E-state index contributed by atoms with van der Waals surface area (Å²) >= 11 is 1.67. The smallest absolute Gasteiger partial charge is 0.252 e. The lowest BCUT2D eigenvalue weighted by atomic mass is 10.0. The predicted octanol–water partition coefficient (Wildman–Crippen LogP) is 2.76. The van der Waals surface area contributed by atoms with Crippen LogP contribution in [0.3, 0.4) is 0 Å². The summed E-state index contributed by atoms with van der Waals surface area (Å²) in [7, 11) is 0. The van der Waals surface area contributed by atoms with E-state index in [1.807, 2.05) is 18.5 Å². The second-order valence-electron chi connectivity index (χ2n) is 6.91. The Morgan fingerprint density at radius 3 is 3.00 bits per heavy atom. The quantitative estimate of drug-likeness (QED) is 0.783. The first-order valence-corrected chi connectivity index (χ1v) is 10.2. The van der Waals surface area contributed by atoms with Crippen LogP contribution in [0.2, 0.25) is 0 Å². The molecule has 1 atom stereocenters. The van der Waals surface area contributed by atoms with Crippen molar-refractivity contribution in [2.24, 2.45) is 0 Å². The number of rotatable bonds is 7. The number of aliphatic hydroxyl groups is 1. The van der Waals surface area contributed by atoms with E-state index in [0.29, 0.717) is 6.42 Å². The molecule has 0 spiro atoms. The van der Waals surface area contributed by atoms with Crippen LogP contribution in [0, 0.1) is 0 Å². The molecule has 6 heteroatoms. The third-order valence-corrected chi connectivity index (χ3v) is 5.90. The van der Waals surface area contributed by atoms with E-state index < -0.39 is 0 Å². The van der Waals surface area contributed by atoms with Gasteiger partial charge in [0.1, 0.15) is 0 Å². The Bertz CT molecular complexity index is 742. The fourth-order valence-corrected chi connectivity index (χ4v) is 4.38. The van der Waals surface area contributed by atoms with Gasteiger partial charge in [-0.25, -0.2) is 0 Å². The fraction of sp³-hybridized carbons (Fsp3) is 0.500. The summed E-state index contributed by atoms with van der Waals surface area (Å²) in [5.41, 5.74) is 4.35. The van der Waals surface area contributed by atoms with Gasteiger partial charge < -0.3 is 10.4 Å². The highest BCUT2D eigenvalue weighted by molar-refractivity contribution is 7.10. The zero-order chi connectivity index (χ0) is 18.5. The van der Waals surface area contributed by atoms with E-state index in [2.05, 4.69) is 34.3 Å². The Labute approximate surface area is 159 Å². The van der Waals surface area contributed by atoms with Crippen molar-refractivity contribution >= 4 is 17.2 Å². The number of carbonyl (C=O) groups excluding carboxylic acids is 1. The zero-order valence-electron chi connectivity index (χ0n) is 15.5. The molecule has 0 radical (unpaired) electrons. The minimum Gasteiger partial charge on any atom is -0.396 e. The molecule has 1 unspecified atom stereocenters. The van der Waals surface area contributed by atoms with Crippen molar-refractivity contribution < 1.29 is 9.90 Å². The molecule has 3 heterocycles. The number of pyridine rings is 1. The number of thiophene rings is 1. The van der Waals surface area contributed by atoms with E-state index in [0.717, 1.165) is 43.7 Å². The monoisotopic (exact) mass is 373 g/mol. The number of hydrogen-bond donors (Lipinski definition) is 2. The van der Waals surface area contributed by atoms with Gasteiger partial charge in [0, 0.05) is 48.7 Å². The molecule has 3 rings (SSSR count). The van der Waals surface area contributed by atoms with Crippen molar-refractivity contribution in [3.63, 3.8) is 0 Å². The number of hydrogen-bond acceptors (Lipinski definition) is 5. The van der Waals surface area contributed by atoms with Gasteiger partial charge in [-0.15, -0.1) is 11.3 Å². The summed E-state index contributed by atoms with van der Waals surface area (Å²) in [5, 5.41) is 13.9. The normalized spacial score (nSPS) is 15.5. The van der Waals surface area contributed by atoms with Crippen LogP contribution in [-0.2, 0) is 25.9 Å². The minimum absolute atomic E-state index is 0.0136. The van der Waals surface area contributed by atoms with Crippen LogP contribution in [0.4, 0.5) is 0 Å². The second-order valence-corrected chi connectivity index (χ2v) is 7.87. The molecule has 1 aliphatic heterocycles. The fourth-order valence-electron chi connectivity index (χ4n) is 3.26. The molecular weight excluding hydrogens is 346 g/mol. The van der Waals surface area contributed by atoms with Gasteiger partial charge in [0.2, 0.25) is 0 Å². The lowest BCUT2D eigenvalue weighted by Gasteiger charge is -2.27. The maximum Gasteiger partial charge on any atom is 0.252 e. The van der Waals surface area contributed by atoms with Crippen molar-refractivity contribution in [2.45, 2.75) is 52.2 Å². The number of fused-ring (bicyclic) bond motifs is 1. The molecule has 1 amide bonds. The standard InChI is InChI=1S/C20H27N3O2S/c1-3-15-4-5-16(21-10-15)11-23-8-6-17-18(13-26-19(17)12-23)20(25)22-14(2)7-9-24/h4-5,10,13-14,24H,3,6-9,11-12H2,1-2H3,(H,22,25). The molecular formula is C20H27N3O2S. The van der Waals surface area contributed by atoms with E-state index in [4.69, 9.17) is 5.11 Å². The third-order valence-electron chi connectivity index (χ3n) is 4.89. The minimum atomic E-state index is -0.0197. The summed E-state index contributed by atoms with van der Waals surface area (Å²) in [5.74, 6) is -0.0197. The molecule has 2 aromatic rings. The molecule has 0 saturated heterocycles. The Kier molecular flexibility index (Phi) is 6.40. The Morgan fingerprint density at radius 1 is 1.46 bits per heavy atom. The summed E-state index contributed by atoms with van der Waals surface area (Å²) in [6.45, 7) is 6.80. The van der Waals surface area contributed by atoms with Crippen LogP contribution in [0.5, 0.6) is 0 Å². The molecule has 0 aliphatic carbocycles. The van der Waals surface area contributed by atoms with Gasteiger partial charge in [0.15, 0.2) is 0 Å². The van der Waals surface area contributed by atoms with E-state index in [9.17, 15) is 4.79 Å². The van der Waals surface area contributed by atoms with E-state index in [1.54, 1.807) is 11.3 Å². The van der Waals surface area contributed by atoms with Crippen LogP contribution in [0.1, 0.15) is 52.3 Å². The number of nitrogens with one attached hydrogen (secondary N) is 1. The lowest BCUT2D eigenvalue weighted by molar-refractivity contribution is 0.0933. The van der Waals surface area contributed by atoms with Crippen molar-refractivity contribution in [3.8, 4) is 0 Å². The highest BCUT2D eigenvalue weighted by Crippen LogP contribution is 2.29. The van der Waals surface area contributed by atoms with Gasteiger partial charge in [-0.05, 0) is 43.4 Å². The van der Waals surface area contributed by atoms with Gasteiger partial charge in [-0.1, -0.05) is 13.0 Å². The first-order chi connectivity index (χ1) is 12.6. The van der Waals surface area contributed by atoms with E-state index in [-0.39, 0.29) is 18.6 Å². The van der Waals surface area contributed by atoms with Gasteiger partial charge in [-0.2, -0.15) is 0 Å².